The van der Waals surface area contributed by atoms with Crippen LogP contribution in [0.1, 0.15) is 16.5 Å². The normalized spacial score (nSPS) is 18.5. The van der Waals surface area contributed by atoms with Crippen LogP contribution in [0.4, 0.5) is 10.5 Å². The average Bonchev–Trinajstić information content (AvgIpc) is 3.02. The molecule has 1 atom stereocenters. The van der Waals surface area contributed by atoms with Gasteiger partial charge in [0.1, 0.15) is 6.04 Å². The lowest BCUT2D eigenvalue weighted by molar-refractivity contribution is -0.118. The molecule has 1 saturated heterocycles. The summed E-state index contributed by atoms with van der Waals surface area (Å²) in [6, 6.07) is 7.79. The molecule has 0 spiro atoms. The van der Waals surface area contributed by atoms with Gasteiger partial charge in [-0.15, -0.1) is 11.3 Å². The molecule has 1 aromatic heterocycles. The Bertz CT molecular complexity index is 684. The van der Waals surface area contributed by atoms with Gasteiger partial charge in [-0.1, -0.05) is 23.7 Å². The average molecular weight is 307 g/mol. The zero-order valence-corrected chi connectivity index (χ0v) is 12.2. The Balaban J connectivity index is 1.96. The number of hydrogen-bond acceptors (Lipinski definition) is 3. The van der Waals surface area contributed by atoms with Crippen LogP contribution < -0.4 is 10.2 Å². The lowest BCUT2D eigenvalue weighted by atomic mass is 10.2. The zero-order valence-electron chi connectivity index (χ0n) is 10.6. The highest BCUT2D eigenvalue weighted by molar-refractivity contribution is 7.10. The van der Waals surface area contributed by atoms with Crippen molar-refractivity contribution in [1.29, 1.82) is 0 Å². The van der Waals surface area contributed by atoms with E-state index in [9.17, 15) is 9.59 Å². The topological polar surface area (TPSA) is 49.4 Å². The number of nitrogens with zero attached hydrogens (tertiary/aromatic N) is 1. The van der Waals surface area contributed by atoms with Gasteiger partial charge in [0, 0.05) is 9.90 Å². The van der Waals surface area contributed by atoms with Crippen molar-refractivity contribution in [2.24, 2.45) is 0 Å². The highest BCUT2D eigenvalue weighted by atomic mass is 35.5. The summed E-state index contributed by atoms with van der Waals surface area (Å²) in [6.45, 7) is 1.87. The van der Waals surface area contributed by atoms with Crippen molar-refractivity contribution in [1.82, 2.24) is 5.32 Å². The molecule has 1 aliphatic heterocycles. The Kier molecular flexibility index (Phi) is 3.23. The second kappa shape index (κ2) is 4.92. The number of carbonyl (C=O) groups excluding carboxylic acids is 2. The number of imide groups is 1. The molecular weight excluding hydrogens is 296 g/mol. The van der Waals surface area contributed by atoms with E-state index < -0.39 is 12.1 Å². The standard InChI is InChI=1S/C14H11ClN2O2S/c1-8-4-5-9(7-10(8)15)17-13(18)12(16-14(17)19)11-3-2-6-20-11/h2-7,12H,1H3,(H,16,19). The van der Waals surface area contributed by atoms with E-state index in [0.717, 1.165) is 15.3 Å². The van der Waals surface area contributed by atoms with Crippen molar-refractivity contribution >= 4 is 40.6 Å². The molecule has 102 valence electrons. The van der Waals surface area contributed by atoms with Crippen LogP contribution in [-0.4, -0.2) is 11.9 Å². The highest BCUT2D eigenvalue weighted by Crippen LogP contribution is 2.31. The summed E-state index contributed by atoms with van der Waals surface area (Å²) in [5.74, 6) is -0.280. The molecule has 1 fully saturated rings. The molecule has 20 heavy (non-hydrogen) atoms. The second-order valence-corrected chi connectivity index (χ2v) is 5.89. The minimum atomic E-state index is -0.609. The van der Waals surface area contributed by atoms with Crippen LogP contribution in [0, 0.1) is 6.92 Å². The Hall–Kier alpha value is -1.85. The van der Waals surface area contributed by atoms with E-state index in [4.69, 9.17) is 11.6 Å². The van der Waals surface area contributed by atoms with Gasteiger partial charge in [-0.3, -0.25) is 4.79 Å². The van der Waals surface area contributed by atoms with Crippen molar-refractivity contribution in [2.45, 2.75) is 13.0 Å². The third kappa shape index (κ3) is 2.09. The fourth-order valence-corrected chi connectivity index (χ4v) is 3.03. The first kappa shape index (κ1) is 13.1. The number of hydrogen-bond donors (Lipinski definition) is 1. The third-order valence-corrected chi connectivity index (χ3v) is 4.52. The molecule has 3 rings (SSSR count). The molecular formula is C14H11ClN2O2S. The van der Waals surface area contributed by atoms with E-state index in [-0.39, 0.29) is 5.91 Å². The molecule has 1 unspecified atom stereocenters. The predicted octanol–water partition coefficient (Wildman–Crippen LogP) is 3.51. The van der Waals surface area contributed by atoms with Gasteiger partial charge in [-0.25, -0.2) is 9.69 Å². The summed E-state index contributed by atoms with van der Waals surface area (Å²) in [4.78, 5) is 26.4. The van der Waals surface area contributed by atoms with Crippen molar-refractivity contribution in [2.75, 3.05) is 4.90 Å². The maximum atomic E-state index is 12.4. The van der Waals surface area contributed by atoms with Gasteiger partial charge < -0.3 is 5.32 Å². The van der Waals surface area contributed by atoms with Gasteiger partial charge >= 0.3 is 6.03 Å². The van der Waals surface area contributed by atoms with E-state index in [1.807, 2.05) is 24.4 Å². The fourth-order valence-electron chi connectivity index (χ4n) is 2.09. The number of nitrogens with one attached hydrogen (secondary N) is 1. The Morgan fingerprint density at radius 1 is 1.30 bits per heavy atom. The predicted molar refractivity (Wildman–Crippen MR) is 79.3 cm³/mol. The van der Waals surface area contributed by atoms with Gasteiger partial charge in [0.25, 0.3) is 5.91 Å². The van der Waals surface area contributed by atoms with Crippen LogP contribution in [0.25, 0.3) is 0 Å². The van der Waals surface area contributed by atoms with Crippen molar-refractivity contribution in [3.63, 3.8) is 0 Å². The molecule has 2 heterocycles. The molecule has 1 N–H and O–H groups in total. The maximum absolute atomic E-state index is 12.4. The number of rotatable bonds is 2. The molecule has 0 radical (unpaired) electrons. The highest BCUT2D eigenvalue weighted by Gasteiger charge is 2.40. The number of benzene rings is 1. The van der Waals surface area contributed by atoms with E-state index in [1.165, 1.54) is 11.3 Å². The van der Waals surface area contributed by atoms with E-state index in [1.54, 1.807) is 18.2 Å². The molecule has 2 aromatic rings. The molecule has 0 saturated carbocycles. The monoisotopic (exact) mass is 306 g/mol. The Labute approximate surface area is 125 Å². The van der Waals surface area contributed by atoms with Crippen molar-refractivity contribution in [3.05, 3.63) is 51.2 Å². The largest absolute Gasteiger partial charge is 0.329 e. The number of carbonyl (C=O) groups is 2. The van der Waals surface area contributed by atoms with E-state index >= 15 is 0 Å². The van der Waals surface area contributed by atoms with E-state index in [2.05, 4.69) is 5.32 Å². The molecule has 1 aromatic carbocycles. The second-order valence-electron chi connectivity index (χ2n) is 4.51. The van der Waals surface area contributed by atoms with Crippen molar-refractivity contribution in [3.8, 4) is 0 Å². The van der Waals surface area contributed by atoms with Crippen LogP contribution in [0.2, 0.25) is 5.02 Å². The number of urea groups is 1. The maximum Gasteiger partial charge on any atom is 0.329 e. The minimum Gasteiger partial charge on any atom is -0.321 e. The summed E-state index contributed by atoms with van der Waals surface area (Å²) in [5.41, 5.74) is 1.39. The first-order chi connectivity index (χ1) is 9.58. The summed E-state index contributed by atoms with van der Waals surface area (Å²) in [6.07, 6.45) is 0. The van der Waals surface area contributed by atoms with Crippen molar-refractivity contribution < 1.29 is 9.59 Å². The van der Waals surface area contributed by atoms with Crippen LogP contribution in [0.5, 0.6) is 0 Å². The van der Waals surface area contributed by atoms with Gasteiger partial charge in [0.05, 0.1) is 5.69 Å². The number of halogens is 1. The number of thiophene rings is 1. The van der Waals surface area contributed by atoms with Gasteiger partial charge in [-0.2, -0.15) is 0 Å². The Morgan fingerprint density at radius 3 is 2.75 bits per heavy atom. The van der Waals surface area contributed by atoms with Gasteiger partial charge in [0.15, 0.2) is 0 Å². The third-order valence-electron chi connectivity index (χ3n) is 3.18. The first-order valence-electron chi connectivity index (χ1n) is 6.02. The fraction of sp³-hybridized carbons (Fsp3) is 0.143. The summed E-state index contributed by atoms with van der Waals surface area (Å²) < 4.78 is 0. The smallest absolute Gasteiger partial charge is 0.321 e. The summed E-state index contributed by atoms with van der Waals surface area (Å²) in [7, 11) is 0. The van der Waals surface area contributed by atoms with Crippen LogP contribution in [-0.2, 0) is 4.79 Å². The molecule has 4 nitrogen and oxygen atoms in total. The molecule has 6 heteroatoms. The van der Waals surface area contributed by atoms with Crippen LogP contribution >= 0.6 is 22.9 Å². The zero-order chi connectivity index (χ0) is 14.3. The summed E-state index contributed by atoms with van der Waals surface area (Å²) in [5, 5.41) is 5.10. The minimum absolute atomic E-state index is 0.280. The summed E-state index contributed by atoms with van der Waals surface area (Å²) >= 11 is 7.50. The molecule has 1 aliphatic rings. The Morgan fingerprint density at radius 2 is 2.10 bits per heavy atom. The molecule has 0 aliphatic carbocycles. The first-order valence-corrected chi connectivity index (χ1v) is 7.27. The quantitative estimate of drug-likeness (QED) is 0.863. The number of amides is 3. The number of aryl methyl sites for hydroxylation is 1. The molecule has 0 bridgehead atoms. The van der Waals surface area contributed by atoms with Gasteiger partial charge in [0.2, 0.25) is 0 Å². The van der Waals surface area contributed by atoms with Crippen LogP contribution in [0.15, 0.2) is 35.7 Å². The SMILES string of the molecule is Cc1ccc(N2C(=O)NC(c3cccs3)C2=O)cc1Cl. The van der Waals surface area contributed by atoms with E-state index in [0.29, 0.717) is 10.7 Å². The lowest BCUT2D eigenvalue weighted by Gasteiger charge is -2.13. The number of anilines is 1. The lowest BCUT2D eigenvalue weighted by Crippen LogP contribution is -2.30. The van der Waals surface area contributed by atoms with Gasteiger partial charge in [-0.05, 0) is 36.1 Å². The molecule has 3 amide bonds. The van der Waals surface area contributed by atoms with Crippen LogP contribution in [0.3, 0.4) is 0 Å².